The molecule has 0 aliphatic carbocycles. The molecule has 1 saturated heterocycles. The fourth-order valence-corrected chi connectivity index (χ4v) is 3.09. The van der Waals surface area contributed by atoms with E-state index >= 15 is 0 Å². The summed E-state index contributed by atoms with van der Waals surface area (Å²) in [5.41, 5.74) is 3.38. The third-order valence-corrected chi connectivity index (χ3v) is 4.24. The highest BCUT2D eigenvalue weighted by atomic mass is 16.2. The van der Waals surface area contributed by atoms with Crippen molar-refractivity contribution in [1.29, 1.82) is 0 Å². The van der Waals surface area contributed by atoms with Crippen molar-refractivity contribution < 1.29 is 4.79 Å². The van der Waals surface area contributed by atoms with Gasteiger partial charge in [-0.3, -0.25) is 4.79 Å². The third-order valence-electron chi connectivity index (χ3n) is 4.24. The van der Waals surface area contributed by atoms with Crippen molar-refractivity contribution in [2.75, 3.05) is 23.7 Å². The van der Waals surface area contributed by atoms with Gasteiger partial charge < -0.3 is 15.5 Å². The predicted octanol–water partition coefficient (Wildman–Crippen LogP) is 2.59. The number of anilines is 3. The Morgan fingerprint density at radius 3 is 2.50 bits per heavy atom. The molecule has 1 fully saturated rings. The van der Waals surface area contributed by atoms with E-state index in [2.05, 4.69) is 57.9 Å². The second kappa shape index (κ2) is 6.90. The van der Waals surface area contributed by atoms with E-state index in [1.807, 2.05) is 4.90 Å². The minimum atomic E-state index is 0.146. The fourth-order valence-electron chi connectivity index (χ4n) is 3.09. The molecule has 0 saturated carbocycles. The second-order valence-electron chi connectivity index (χ2n) is 6.43. The molecule has 1 amide bonds. The summed E-state index contributed by atoms with van der Waals surface area (Å²) in [5.74, 6) is 1.35. The van der Waals surface area contributed by atoms with Gasteiger partial charge in [0.1, 0.15) is 0 Å². The molecule has 0 atom stereocenters. The minimum Gasteiger partial charge on any atom is -0.352 e. The SMILES string of the molecule is CC(=O)N1CCC(Nc2nc(Nc3cc(C)cc(C)c3)n[nH]2)CC1. The smallest absolute Gasteiger partial charge is 0.248 e. The summed E-state index contributed by atoms with van der Waals surface area (Å²) in [4.78, 5) is 17.7. The Morgan fingerprint density at radius 1 is 1.21 bits per heavy atom. The van der Waals surface area contributed by atoms with Crippen molar-refractivity contribution in [2.45, 2.75) is 39.7 Å². The highest BCUT2D eigenvalue weighted by Crippen LogP contribution is 2.19. The van der Waals surface area contributed by atoms with Crippen LogP contribution in [0.1, 0.15) is 30.9 Å². The van der Waals surface area contributed by atoms with Crippen LogP contribution in [0.25, 0.3) is 0 Å². The van der Waals surface area contributed by atoms with Gasteiger partial charge in [-0.05, 0) is 49.9 Å². The third kappa shape index (κ3) is 4.04. The molecule has 1 aliphatic heterocycles. The molecule has 7 nitrogen and oxygen atoms in total. The number of likely N-dealkylation sites (tertiary alicyclic amines) is 1. The van der Waals surface area contributed by atoms with Gasteiger partial charge in [-0.1, -0.05) is 6.07 Å². The number of aromatic nitrogens is 3. The van der Waals surface area contributed by atoms with Gasteiger partial charge in [0.25, 0.3) is 0 Å². The first kappa shape index (κ1) is 16.3. The summed E-state index contributed by atoms with van der Waals surface area (Å²) < 4.78 is 0. The molecule has 3 rings (SSSR count). The number of benzene rings is 1. The predicted molar refractivity (Wildman–Crippen MR) is 94.5 cm³/mol. The number of piperidine rings is 1. The molecule has 24 heavy (non-hydrogen) atoms. The standard InChI is InChI=1S/C17H24N6O/c1-11-8-12(2)10-15(9-11)19-17-20-16(21-22-17)18-14-4-6-23(7-5-14)13(3)24/h8-10,14H,4-7H2,1-3H3,(H3,18,19,20,21,22). The molecular formula is C17H24N6O. The molecule has 1 aromatic heterocycles. The van der Waals surface area contributed by atoms with Crippen molar-refractivity contribution in [3.8, 4) is 0 Å². The number of hydrogen-bond donors (Lipinski definition) is 3. The van der Waals surface area contributed by atoms with Gasteiger partial charge in [0.05, 0.1) is 0 Å². The average molecular weight is 328 g/mol. The average Bonchev–Trinajstić information content (AvgIpc) is 2.93. The number of aryl methyl sites for hydroxylation is 2. The molecule has 7 heteroatoms. The maximum Gasteiger partial charge on any atom is 0.248 e. The number of nitrogens with one attached hydrogen (secondary N) is 3. The second-order valence-corrected chi connectivity index (χ2v) is 6.43. The van der Waals surface area contributed by atoms with Crippen LogP contribution in [-0.2, 0) is 4.79 Å². The summed E-state index contributed by atoms with van der Waals surface area (Å²) in [5, 5.41) is 13.7. The molecule has 1 aliphatic rings. The lowest BCUT2D eigenvalue weighted by molar-refractivity contribution is -0.129. The number of amides is 1. The Kier molecular flexibility index (Phi) is 4.69. The number of aromatic amines is 1. The van der Waals surface area contributed by atoms with E-state index in [0.29, 0.717) is 17.9 Å². The van der Waals surface area contributed by atoms with Crippen LogP contribution in [0.15, 0.2) is 18.2 Å². The molecule has 0 unspecified atom stereocenters. The zero-order valence-electron chi connectivity index (χ0n) is 14.4. The Labute approximate surface area is 141 Å². The lowest BCUT2D eigenvalue weighted by Gasteiger charge is -2.31. The van der Waals surface area contributed by atoms with Crippen LogP contribution in [0.2, 0.25) is 0 Å². The number of carbonyl (C=O) groups is 1. The van der Waals surface area contributed by atoms with E-state index in [1.54, 1.807) is 6.92 Å². The molecule has 0 bridgehead atoms. The minimum absolute atomic E-state index is 0.146. The summed E-state index contributed by atoms with van der Waals surface area (Å²) >= 11 is 0. The van der Waals surface area contributed by atoms with Gasteiger partial charge in [-0.25, -0.2) is 5.10 Å². The van der Waals surface area contributed by atoms with E-state index in [0.717, 1.165) is 31.6 Å². The van der Waals surface area contributed by atoms with Crippen molar-refractivity contribution in [3.05, 3.63) is 29.3 Å². The van der Waals surface area contributed by atoms with Gasteiger partial charge in [0, 0.05) is 31.7 Å². The van der Waals surface area contributed by atoms with Gasteiger partial charge in [-0.2, -0.15) is 4.98 Å². The van der Waals surface area contributed by atoms with E-state index in [9.17, 15) is 4.79 Å². The first-order valence-corrected chi connectivity index (χ1v) is 8.29. The Bertz CT molecular complexity index is 697. The van der Waals surface area contributed by atoms with Crippen molar-refractivity contribution in [3.63, 3.8) is 0 Å². The van der Waals surface area contributed by atoms with Crippen LogP contribution in [0.4, 0.5) is 17.6 Å². The summed E-state index contributed by atoms with van der Waals surface area (Å²) in [7, 11) is 0. The zero-order valence-corrected chi connectivity index (χ0v) is 14.4. The number of carbonyl (C=O) groups excluding carboxylic acids is 1. The number of hydrogen-bond acceptors (Lipinski definition) is 5. The molecule has 2 heterocycles. The van der Waals surface area contributed by atoms with Crippen LogP contribution in [-0.4, -0.2) is 45.1 Å². The molecular weight excluding hydrogens is 304 g/mol. The zero-order chi connectivity index (χ0) is 17.1. The summed E-state index contributed by atoms with van der Waals surface area (Å²) in [6.45, 7) is 7.33. The molecule has 3 N–H and O–H groups in total. The lowest BCUT2D eigenvalue weighted by Crippen LogP contribution is -2.41. The van der Waals surface area contributed by atoms with E-state index in [-0.39, 0.29) is 5.91 Å². The van der Waals surface area contributed by atoms with Crippen molar-refractivity contribution >= 4 is 23.5 Å². The van der Waals surface area contributed by atoms with Crippen LogP contribution in [0.5, 0.6) is 0 Å². The highest BCUT2D eigenvalue weighted by Gasteiger charge is 2.21. The molecule has 0 spiro atoms. The van der Waals surface area contributed by atoms with Crippen LogP contribution in [0, 0.1) is 13.8 Å². The van der Waals surface area contributed by atoms with Gasteiger partial charge in [0.2, 0.25) is 17.8 Å². The van der Waals surface area contributed by atoms with Gasteiger partial charge >= 0.3 is 0 Å². The summed E-state index contributed by atoms with van der Waals surface area (Å²) in [6, 6.07) is 6.56. The van der Waals surface area contributed by atoms with Crippen molar-refractivity contribution in [2.24, 2.45) is 0 Å². The van der Waals surface area contributed by atoms with Gasteiger partial charge in [0.15, 0.2) is 0 Å². The Morgan fingerprint density at radius 2 is 1.88 bits per heavy atom. The number of H-pyrrole nitrogens is 1. The van der Waals surface area contributed by atoms with E-state index in [4.69, 9.17) is 0 Å². The van der Waals surface area contributed by atoms with Crippen LogP contribution in [0.3, 0.4) is 0 Å². The normalized spacial score (nSPS) is 15.4. The number of nitrogens with zero attached hydrogens (tertiary/aromatic N) is 3. The maximum atomic E-state index is 11.4. The van der Waals surface area contributed by atoms with E-state index < -0.39 is 0 Å². The summed E-state index contributed by atoms with van der Waals surface area (Å²) in [6.07, 6.45) is 1.83. The molecule has 1 aromatic carbocycles. The Hall–Kier alpha value is -2.57. The maximum absolute atomic E-state index is 11.4. The topological polar surface area (TPSA) is 85.9 Å². The Balaban J connectivity index is 1.57. The van der Waals surface area contributed by atoms with Gasteiger partial charge in [-0.15, -0.1) is 5.10 Å². The largest absolute Gasteiger partial charge is 0.352 e. The van der Waals surface area contributed by atoms with Crippen LogP contribution >= 0.6 is 0 Å². The number of rotatable bonds is 4. The lowest BCUT2D eigenvalue weighted by atomic mass is 10.1. The first-order chi connectivity index (χ1) is 11.5. The van der Waals surface area contributed by atoms with E-state index in [1.165, 1.54) is 11.1 Å². The van der Waals surface area contributed by atoms with Crippen LogP contribution < -0.4 is 10.6 Å². The fraction of sp³-hybridized carbons (Fsp3) is 0.471. The highest BCUT2D eigenvalue weighted by molar-refractivity contribution is 5.73. The molecule has 128 valence electrons. The quantitative estimate of drug-likeness (QED) is 0.803. The van der Waals surface area contributed by atoms with Crippen molar-refractivity contribution in [1.82, 2.24) is 20.1 Å². The first-order valence-electron chi connectivity index (χ1n) is 8.29. The molecule has 0 radical (unpaired) electrons. The molecule has 2 aromatic rings. The monoisotopic (exact) mass is 328 g/mol.